The van der Waals surface area contributed by atoms with Gasteiger partial charge in [0.05, 0.1) is 5.56 Å². The number of nitrogens with zero attached hydrogens (tertiary/aromatic N) is 7. The van der Waals surface area contributed by atoms with Crippen LogP contribution in [0.5, 0.6) is 11.5 Å². The van der Waals surface area contributed by atoms with E-state index in [0.717, 1.165) is 11.1 Å². The molecule has 0 aliphatic carbocycles. The number of benzene rings is 3. The van der Waals surface area contributed by atoms with Crippen molar-refractivity contribution in [2.75, 3.05) is 0 Å². The topological polar surface area (TPSA) is 100 Å². The Hall–Kier alpha value is -3.86. The minimum atomic E-state index is 0.111. The van der Waals surface area contributed by atoms with Crippen molar-refractivity contribution in [3.8, 4) is 22.1 Å². The van der Waals surface area contributed by atoms with Crippen LogP contribution in [-0.2, 0) is 18.5 Å². The highest BCUT2D eigenvalue weighted by Crippen LogP contribution is 2.37. The lowest BCUT2D eigenvalue weighted by Crippen LogP contribution is -2.12. The summed E-state index contributed by atoms with van der Waals surface area (Å²) in [5.74, 6) is 1.65. The van der Waals surface area contributed by atoms with Crippen LogP contribution in [0, 0.1) is 0 Å². The van der Waals surface area contributed by atoms with E-state index >= 15 is 0 Å². The molecule has 5 aromatic rings. The van der Waals surface area contributed by atoms with Gasteiger partial charge in [0.25, 0.3) is 0 Å². The molecule has 12 heteroatoms. The van der Waals surface area contributed by atoms with Crippen LogP contribution in [0.25, 0.3) is 10.6 Å². The Bertz CT molecular complexity index is 1500. The third kappa shape index (κ3) is 5.51. The van der Waals surface area contributed by atoms with Gasteiger partial charge in [-0.25, -0.2) is 4.68 Å². The summed E-state index contributed by atoms with van der Waals surface area (Å²) in [5, 5.41) is 26.9. The summed E-state index contributed by atoms with van der Waals surface area (Å²) in [5.41, 5.74) is 2.07. The highest BCUT2D eigenvalue weighted by molar-refractivity contribution is 7.14. The van der Waals surface area contributed by atoms with Gasteiger partial charge >= 0.3 is 0 Å². The molecule has 2 heterocycles. The molecule has 0 saturated heterocycles. The molecule has 0 fully saturated rings. The average molecular weight is 538 g/mol. The number of rotatable bonds is 8. The largest absolute Gasteiger partial charge is 0.457 e. The molecule has 9 nitrogen and oxygen atoms in total. The van der Waals surface area contributed by atoms with Gasteiger partial charge < -0.3 is 9.57 Å². The Morgan fingerprint density at radius 2 is 1.72 bits per heavy atom. The van der Waals surface area contributed by atoms with Gasteiger partial charge in [-0.2, -0.15) is 0 Å². The first-order chi connectivity index (χ1) is 17.6. The maximum absolute atomic E-state index is 6.22. The van der Waals surface area contributed by atoms with Gasteiger partial charge in [-0.1, -0.05) is 70.0 Å². The maximum atomic E-state index is 6.22. The summed E-state index contributed by atoms with van der Waals surface area (Å²) in [6, 6.07) is 21.9. The third-order valence-electron chi connectivity index (χ3n) is 4.91. The minimum absolute atomic E-state index is 0.111. The first-order valence-corrected chi connectivity index (χ1v) is 12.2. The Labute approximate surface area is 219 Å². The molecule has 0 aliphatic heterocycles. The quantitative estimate of drug-likeness (QED) is 0.182. The number of aromatic nitrogens is 6. The van der Waals surface area contributed by atoms with Crippen molar-refractivity contribution >= 4 is 40.3 Å². The molecule has 0 bridgehead atoms. The van der Waals surface area contributed by atoms with Crippen LogP contribution in [0.4, 0.5) is 0 Å². The van der Waals surface area contributed by atoms with Gasteiger partial charge in [0.15, 0.2) is 22.3 Å². The highest BCUT2D eigenvalue weighted by Gasteiger charge is 2.16. The molecule has 0 aliphatic rings. The maximum Gasteiger partial charge on any atom is 0.204 e. The van der Waals surface area contributed by atoms with Gasteiger partial charge in [0, 0.05) is 28.7 Å². The molecule has 0 radical (unpaired) electrons. The molecule has 0 amide bonds. The fourth-order valence-electron chi connectivity index (χ4n) is 3.21. The number of oxime groups is 1. The van der Waals surface area contributed by atoms with Gasteiger partial charge in [-0.15, -0.1) is 15.3 Å². The number of hydrogen-bond donors (Lipinski definition) is 0. The molecule has 180 valence electrons. The van der Waals surface area contributed by atoms with Gasteiger partial charge in [0.2, 0.25) is 5.82 Å². The van der Waals surface area contributed by atoms with Crippen LogP contribution >= 0.6 is 34.5 Å². The van der Waals surface area contributed by atoms with Crippen LogP contribution in [0.3, 0.4) is 0 Å². The fourth-order valence-corrected chi connectivity index (χ4v) is 4.27. The number of hydrogen-bond acceptors (Lipinski definition) is 9. The lowest BCUT2D eigenvalue weighted by molar-refractivity contribution is 0.130. The van der Waals surface area contributed by atoms with Gasteiger partial charge in [-0.05, 0) is 46.8 Å². The van der Waals surface area contributed by atoms with Crippen LogP contribution < -0.4 is 4.74 Å². The lowest BCUT2D eigenvalue weighted by Gasteiger charge is -2.10. The molecule has 0 saturated carbocycles. The zero-order valence-electron chi connectivity index (χ0n) is 18.7. The molecule has 0 N–H and O–H groups in total. The molecule has 3 aromatic carbocycles. The van der Waals surface area contributed by atoms with E-state index in [4.69, 9.17) is 32.8 Å². The van der Waals surface area contributed by atoms with E-state index in [0.29, 0.717) is 43.1 Å². The van der Waals surface area contributed by atoms with Gasteiger partial charge in [0.1, 0.15) is 11.5 Å². The normalized spacial score (nSPS) is 11.5. The summed E-state index contributed by atoms with van der Waals surface area (Å²) in [4.78, 5) is 5.64. The van der Waals surface area contributed by atoms with E-state index in [1.165, 1.54) is 16.0 Å². The molecule has 0 spiro atoms. The van der Waals surface area contributed by atoms with E-state index in [-0.39, 0.29) is 6.61 Å². The summed E-state index contributed by atoms with van der Waals surface area (Å²) >= 11 is 13.6. The van der Waals surface area contributed by atoms with Crippen molar-refractivity contribution in [2.24, 2.45) is 12.2 Å². The molecule has 36 heavy (non-hydrogen) atoms. The second-order valence-corrected chi connectivity index (χ2v) is 9.34. The van der Waals surface area contributed by atoms with Crippen molar-refractivity contribution in [3.63, 3.8) is 0 Å². The summed E-state index contributed by atoms with van der Waals surface area (Å²) in [6.07, 6.45) is 0. The van der Waals surface area contributed by atoms with Gasteiger partial charge in [-0.3, -0.25) is 0 Å². The van der Waals surface area contributed by atoms with Crippen molar-refractivity contribution < 1.29 is 9.57 Å². The van der Waals surface area contributed by atoms with Crippen LogP contribution in [-0.4, -0.2) is 36.1 Å². The fraction of sp³-hybridized carbons (Fsp3) is 0.0833. The predicted octanol–water partition coefficient (Wildman–Crippen LogP) is 5.80. The van der Waals surface area contributed by atoms with Crippen LogP contribution in [0.15, 0.2) is 78.0 Å². The van der Waals surface area contributed by atoms with E-state index in [2.05, 4.69) is 30.9 Å². The number of ether oxygens (including phenoxy) is 1. The number of aryl methyl sites for hydroxylation is 1. The molecular formula is C24H17Cl2N7O2S. The monoisotopic (exact) mass is 537 g/mol. The first kappa shape index (κ1) is 23.9. The second-order valence-electron chi connectivity index (χ2n) is 7.40. The SMILES string of the molecule is Cn1nnnc1/C(=N\OCc1nnc(-c2ccc(Cl)cc2Oc2ccc(Cl)cc2)s1)c1ccccc1. The average Bonchev–Trinajstić information content (AvgIpc) is 3.53. The van der Waals surface area contributed by atoms with E-state index in [1.54, 1.807) is 43.4 Å². The standard InChI is InChI=1S/C24H17Cl2N7O2S/c1-33-23(28-31-32-33)22(15-5-3-2-4-6-15)30-34-14-21-27-29-24(36-21)19-12-9-17(26)13-20(19)35-18-10-7-16(25)8-11-18/h2-13H,14H2,1H3/b30-22-. The lowest BCUT2D eigenvalue weighted by atomic mass is 10.1. The Morgan fingerprint density at radius 3 is 2.47 bits per heavy atom. The van der Waals surface area contributed by atoms with E-state index < -0.39 is 0 Å². The zero-order valence-corrected chi connectivity index (χ0v) is 21.1. The van der Waals surface area contributed by atoms with Crippen molar-refractivity contribution in [3.05, 3.63) is 99.2 Å². The Morgan fingerprint density at radius 1 is 0.944 bits per heavy atom. The molecule has 2 aromatic heterocycles. The third-order valence-corrected chi connectivity index (χ3v) is 6.32. The molecular weight excluding hydrogens is 521 g/mol. The Balaban J connectivity index is 1.36. The Kier molecular flexibility index (Phi) is 7.17. The molecule has 5 rings (SSSR count). The second kappa shape index (κ2) is 10.8. The number of halogens is 2. The van der Waals surface area contributed by atoms with Crippen LogP contribution in [0.2, 0.25) is 10.0 Å². The summed E-state index contributed by atoms with van der Waals surface area (Å²) < 4.78 is 7.57. The highest BCUT2D eigenvalue weighted by atomic mass is 35.5. The molecule has 0 unspecified atom stereocenters. The van der Waals surface area contributed by atoms with Crippen molar-refractivity contribution in [2.45, 2.75) is 6.61 Å². The van der Waals surface area contributed by atoms with E-state index in [9.17, 15) is 0 Å². The van der Waals surface area contributed by atoms with Crippen molar-refractivity contribution in [1.29, 1.82) is 0 Å². The zero-order chi connectivity index (χ0) is 24.9. The van der Waals surface area contributed by atoms with Crippen LogP contribution in [0.1, 0.15) is 16.4 Å². The van der Waals surface area contributed by atoms with E-state index in [1.807, 2.05) is 36.4 Å². The van der Waals surface area contributed by atoms with Crippen molar-refractivity contribution in [1.82, 2.24) is 30.4 Å². The first-order valence-electron chi connectivity index (χ1n) is 10.6. The smallest absolute Gasteiger partial charge is 0.204 e. The predicted molar refractivity (Wildman–Crippen MR) is 138 cm³/mol. The molecule has 0 atom stereocenters. The number of tetrazole rings is 1. The minimum Gasteiger partial charge on any atom is -0.457 e. The summed E-state index contributed by atoms with van der Waals surface area (Å²) in [6.45, 7) is 0.111. The summed E-state index contributed by atoms with van der Waals surface area (Å²) in [7, 11) is 1.74.